The maximum atomic E-state index is 12.3. The van der Waals surface area contributed by atoms with Crippen LogP contribution in [-0.2, 0) is 9.59 Å². The molecule has 1 aromatic rings. The van der Waals surface area contributed by atoms with E-state index in [0.29, 0.717) is 12.3 Å². The van der Waals surface area contributed by atoms with Gasteiger partial charge in [-0.05, 0) is 24.6 Å². The molecule has 0 aromatic heterocycles. The highest BCUT2D eigenvalue weighted by Crippen LogP contribution is 2.22. The Bertz CT molecular complexity index is 525. The molecule has 1 aromatic carbocycles. The molecule has 0 radical (unpaired) electrons. The molecule has 0 saturated heterocycles. The first-order chi connectivity index (χ1) is 11.5. The predicted molar refractivity (Wildman–Crippen MR) is 104 cm³/mol. The number of unbranched alkanes of at least 4 members (excludes halogenated alkanes) is 4. The van der Waals surface area contributed by atoms with Crippen LogP contribution in [0.3, 0.4) is 0 Å². The zero-order valence-electron chi connectivity index (χ0n) is 14.4. The average Bonchev–Trinajstić information content (AvgIpc) is 2.54. The van der Waals surface area contributed by atoms with E-state index in [0.717, 1.165) is 22.2 Å². The number of amides is 2. The van der Waals surface area contributed by atoms with Gasteiger partial charge in [-0.3, -0.25) is 9.59 Å². The highest BCUT2D eigenvalue weighted by atomic mass is 79.9. The number of carbonyl (C=O) groups excluding carboxylic acids is 2. The molecule has 24 heavy (non-hydrogen) atoms. The van der Waals surface area contributed by atoms with Crippen molar-refractivity contribution in [1.82, 2.24) is 10.6 Å². The lowest BCUT2D eigenvalue weighted by molar-refractivity contribution is -0.127. The maximum Gasteiger partial charge on any atom is 0.243 e. The summed E-state index contributed by atoms with van der Waals surface area (Å²) in [5.41, 5.74) is 0. The van der Waals surface area contributed by atoms with Crippen LogP contribution in [0.2, 0.25) is 0 Å². The highest BCUT2D eigenvalue weighted by molar-refractivity contribution is 9.10. The summed E-state index contributed by atoms with van der Waals surface area (Å²) in [5.74, 6) is 0.216. The monoisotopic (exact) mass is 414 g/mol. The molecule has 134 valence electrons. The summed E-state index contributed by atoms with van der Waals surface area (Å²) in [6.07, 6.45) is 5.78. The van der Waals surface area contributed by atoms with Crippen molar-refractivity contribution >= 4 is 39.5 Å². The van der Waals surface area contributed by atoms with Gasteiger partial charge in [0, 0.05) is 28.6 Å². The second kappa shape index (κ2) is 12.4. The van der Waals surface area contributed by atoms with Gasteiger partial charge in [0.05, 0.1) is 0 Å². The third kappa shape index (κ3) is 9.33. The van der Waals surface area contributed by atoms with Crippen molar-refractivity contribution in [2.24, 2.45) is 0 Å². The Morgan fingerprint density at radius 2 is 1.96 bits per heavy atom. The number of benzene rings is 1. The number of hydrogen-bond acceptors (Lipinski definition) is 3. The molecule has 1 unspecified atom stereocenters. The van der Waals surface area contributed by atoms with Gasteiger partial charge in [0.1, 0.15) is 6.04 Å². The van der Waals surface area contributed by atoms with Gasteiger partial charge >= 0.3 is 0 Å². The highest BCUT2D eigenvalue weighted by Gasteiger charge is 2.19. The fourth-order valence-corrected chi connectivity index (χ4v) is 3.76. The van der Waals surface area contributed by atoms with Crippen molar-refractivity contribution < 1.29 is 9.59 Å². The molecule has 0 aliphatic heterocycles. The van der Waals surface area contributed by atoms with Crippen molar-refractivity contribution in [2.75, 3.05) is 12.3 Å². The number of halogens is 1. The lowest BCUT2D eigenvalue weighted by Gasteiger charge is -2.17. The van der Waals surface area contributed by atoms with E-state index >= 15 is 0 Å². The number of rotatable bonds is 11. The summed E-state index contributed by atoms with van der Waals surface area (Å²) >= 11 is 4.99. The first-order valence-corrected chi connectivity index (χ1v) is 10.2. The van der Waals surface area contributed by atoms with Crippen LogP contribution < -0.4 is 10.6 Å². The Morgan fingerprint density at radius 1 is 1.21 bits per heavy atom. The van der Waals surface area contributed by atoms with Gasteiger partial charge in [-0.15, -0.1) is 11.8 Å². The van der Waals surface area contributed by atoms with Crippen LogP contribution in [0.4, 0.5) is 0 Å². The topological polar surface area (TPSA) is 58.2 Å². The average molecular weight is 415 g/mol. The Balaban J connectivity index is 2.42. The molecule has 0 spiro atoms. The lowest BCUT2D eigenvalue weighted by Crippen LogP contribution is -2.47. The molecule has 2 amide bonds. The predicted octanol–water partition coefficient (Wildman–Crippen LogP) is 4.13. The fraction of sp³-hybridized carbons (Fsp3) is 0.556. The van der Waals surface area contributed by atoms with E-state index in [1.807, 2.05) is 24.3 Å². The molecule has 0 aliphatic carbocycles. The molecule has 1 rings (SSSR count). The van der Waals surface area contributed by atoms with Crippen molar-refractivity contribution in [2.45, 2.75) is 56.9 Å². The van der Waals surface area contributed by atoms with Crippen molar-refractivity contribution in [3.8, 4) is 0 Å². The van der Waals surface area contributed by atoms with Gasteiger partial charge in [0.15, 0.2) is 0 Å². The van der Waals surface area contributed by atoms with Gasteiger partial charge in [0.2, 0.25) is 11.8 Å². The van der Waals surface area contributed by atoms with Crippen molar-refractivity contribution in [3.63, 3.8) is 0 Å². The Morgan fingerprint density at radius 3 is 2.62 bits per heavy atom. The van der Waals surface area contributed by atoms with Crippen LogP contribution in [0.25, 0.3) is 0 Å². The quantitative estimate of drug-likeness (QED) is 0.422. The summed E-state index contributed by atoms with van der Waals surface area (Å²) in [5, 5.41) is 5.68. The SMILES string of the molecule is CCCCCCCNC(=O)C(CSc1cccc(Br)c1)NC(C)=O. The molecule has 6 heteroatoms. The molecule has 0 heterocycles. The number of carbonyl (C=O) groups is 2. The second-order valence-electron chi connectivity index (χ2n) is 5.73. The minimum absolute atomic E-state index is 0.108. The molecule has 0 saturated carbocycles. The Kier molecular flexibility index (Phi) is 10.8. The molecule has 4 nitrogen and oxygen atoms in total. The van der Waals surface area contributed by atoms with Crippen LogP contribution in [0.5, 0.6) is 0 Å². The molecule has 0 aliphatic rings. The summed E-state index contributed by atoms with van der Waals surface area (Å²) in [7, 11) is 0. The van der Waals surface area contributed by atoms with Crippen molar-refractivity contribution in [1.29, 1.82) is 0 Å². The third-order valence-corrected chi connectivity index (χ3v) is 5.07. The number of thioether (sulfide) groups is 1. The van der Waals surface area contributed by atoms with Crippen LogP contribution in [0.1, 0.15) is 46.0 Å². The van der Waals surface area contributed by atoms with E-state index in [1.165, 1.54) is 26.2 Å². The molecule has 2 N–H and O–H groups in total. The molecule has 1 atom stereocenters. The number of hydrogen-bond donors (Lipinski definition) is 2. The van der Waals surface area contributed by atoms with Crippen LogP contribution >= 0.6 is 27.7 Å². The second-order valence-corrected chi connectivity index (χ2v) is 7.74. The summed E-state index contributed by atoms with van der Waals surface area (Å²) in [4.78, 5) is 24.7. The lowest BCUT2D eigenvalue weighted by atomic mass is 10.1. The first-order valence-electron chi connectivity index (χ1n) is 8.46. The van der Waals surface area contributed by atoms with E-state index in [1.54, 1.807) is 11.8 Å². The number of nitrogens with one attached hydrogen (secondary N) is 2. The normalized spacial score (nSPS) is 11.8. The van der Waals surface area contributed by atoms with Gasteiger partial charge in [-0.2, -0.15) is 0 Å². The standard InChI is InChI=1S/C18H27BrN2O2S/c1-3-4-5-6-7-11-20-18(23)17(21-14(2)22)13-24-16-10-8-9-15(19)12-16/h8-10,12,17H,3-7,11,13H2,1-2H3,(H,20,23)(H,21,22). The van der Waals surface area contributed by atoms with Crippen LogP contribution in [0, 0.1) is 0 Å². The fourth-order valence-electron chi connectivity index (χ4n) is 2.23. The van der Waals surface area contributed by atoms with E-state index in [-0.39, 0.29) is 11.8 Å². The van der Waals surface area contributed by atoms with E-state index in [9.17, 15) is 9.59 Å². The third-order valence-electron chi connectivity index (χ3n) is 3.49. The first kappa shape index (κ1) is 21.0. The maximum absolute atomic E-state index is 12.3. The van der Waals surface area contributed by atoms with Gasteiger partial charge < -0.3 is 10.6 Å². The smallest absolute Gasteiger partial charge is 0.243 e. The van der Waals surface area contributed by atoms with Crippen LogP contribution in [-0.4, -0.2) is 30.2 Å². The molecular formula is C18H27BrN2O2S. The Labute approximate surface area is 157 Å². The van der Waals surface area contributed by atoms with E-state index < -0.39 is 6.04 Å². The largest absolute Gasteiger partial charge is 0.354 e. The minimum Gasteiger partial charge on any atom is -0.354 e. The molecule has 0 bridgehead atoms. The van der Waals surface area contributed by atoms with E-state index in [4.69, 9.17) is 0 Å². The minimum atomic E-state index is -0.512. The molecule has 0 fully saturated rings. The van der Waals surface area contributed by atoms with Gasteiger partial charge in [-0.1, -0.05) is 54.6 Å². The zero-order valence-corrected chi connectivity index (χ0v) is 16.8. The molecular weight excluding hydrogens is 388 g/mol. The summed E-state index contributed by atoms with van der Waals surface area (Å²) in [6.45, 7) is 4.29. The van der Waals surface area contributed by atoms with E-state index in [2.05, 4.69) is 33.5 Å². The van der Waals surface area contributed by atoms with Crippen LogP contribution in [0.15, 0.2) is 33.6 Å². The summed E-state index contributed by atoms with van der Waals surface area (Å²) in [6, 6.07) is 7.39. The summed E-state index contributed by atoms with van der Waals surface area (Å²) < 4.78 is 1.00. The Hall–Kier alpha value is -1.01. The van der Waals surface area contributed by atoms with Gasteiger partial charge in [0.25, 0.3) is 0 Å². The zero-order chi connectivity index (χ0) is 17.8. The van der Waals surface area contributed by atoms with Gasteiger partial charge in [-0.25, -0.2) is 0 Å². The van der Waals surface area contributed by atoms with Crippen molar-refractivity contribution in [3.05, 3.63) is 28.7 Å².